The van der Waals surface area contributed by atoms with E-state index in [1.807, 2.05) is 0 Å². The van der Waals surface area contributed by atoms with Crippen molar-refractivity contribution < 1.29 is 14.6 Å². The van der Waals surface area contributed by atoms with Crippen LogP contribution in [0, 0.1) is 18.3 Å². The number of ether oxygens (including phenoxy) is 1. The molecule has 0 aromatic rings. The lowest BCUT2D eigenvalue weighted by atomic mass is 10.1. The maximum atomic E-state index is 10.5. The number of carbonyl (C=O) groups is 1. The van der Waals surface area contributed by atoms with Gasteiger partial charge in [-0.15, -0.1) is 6.42 Å². The Hall–Kier alpha value is -1.01. The number of carboxylic acids is 1. The highest BCUT2D eigenvalue weighted by molar-refractivity contribution is 5.72. The SMILES string of the molecule is C#CCO[C@H](C(=O)O)C(C)C. The molecule has 0 aromatic carbocycles. The molecule has 0 rings (SSSR count). The average molecular weight is 156 g/mol. The maximum Gasteiger partial charge on any atom is 0.333 e. The van der Waals surface area contributed by atoms with Crippen LogP contribution in [0.5, 0.6) is 0 Å². The van der Waals surface area contributed by atoms with Crippen molar-refractivity contribution in [2.45, 2.75) is 20.0 Å². The number of hydrogen-bond donors (Lipinski definition) is 1. The third-order valence-corrected chi connectivity index (χ3v) is 1.20. The predicted octanol–water partition coefficient (Wildman–Crippen LogP) is 0.745. The lowest BCUT2D eigenvalue weighted by molar-refractivity contribution is -0.152. The molecule has 0 saturated heterocycles. The van der Waals surface area contributed by atoms with Gasteiger partial charge in [0.05, 0.1) is 0 Å². The van der Waals surface area contributed by atoms with E-state index in [1.165, 1.54) is 0 Å². The summed E-state index contributed by atoms with van der Waals surface area (Å²) in [7, 11) is 0. The van der Waals surface area contributed by atoms with Crippen LogP contribution in [0.15, 0.2) is 0 Å². The predicted molar refractivity (Wildman–Crippen MR) is 41.0 cm³/mol. The highest BCUT2D eigenvalue weighted by atomic mass is 16.5. The van der Waals surface area contributed by atoms with Gasteiger partial charge in [-0.3, -0.25) is 0 Å². The molecule has 1 N–H and O–H groups in total. The molecule has 0 aliphatic rings. The Labute approximate surface area is 66.4 Å². The second-order valence-corrected chi connectivity index (χ2v) is 2.52. The Morgan fingerprint density at radius 3 is 2.55 bits per heavy atom. The molecule has 11 heavy (non-hydrogen) atoms. The van der Waals surface area contributed by atoms with Gasteiger partial charge in [-0.25, -0.2) is 4.79 Å². The molecule has 0 fully saturated rings. The molecule has 0 heterocycles. The second-order valence-electron chi connectivity index (χ2n) is 2.52. The van der Waals surface area contributed by atoms with Crippen molar-refractivity contribution in [3.8, 4) is 12.3 Å². The first-order valence-corrected chi connectivity index (χ1v) is 3.37. The molecule has 0 aliphatic heterocycles. The first-order chi connectivity index (χ1) is 5.09. The molecule has 0 bridgehead atoms. The van der Waals surface area contributed by atoms with E-state index in [0.29, 0.717) is 0 Å². The van der Waals surface area contributed by atoms with Crippen LogP contribution in [0.1, 0.15) is 13.8 Å². The maximum absolute atomic E-state index is 10.5. The minimum Gasteiger partial charge on any atom is -0.479 e. The molecule has 0 spiro atoms. The zero-order valence-electron chi connectivity index (χ0n) is 6.70. The van der Waals surface area contributed by atoms with Crippen LogP contribution < -0.4 is 0 Å². The molecule has 0 aromatic heterocycles. The fraction of sp³-hybridized carbons (Fsp3) is 0.625. The third kappa shape index (κ3) is 3.64. The quantitative estimate of drug-likeness (QED) is 0.611. The van der Waals surface area contributed by atoms with Crippen LogP contribution in [0.25, 0.3) is 0 Å². The van der Waals surface area contributed by atoms with Crippen molar-refractivity contribution >= 4 is 5.97 Å². The van der Waals surface area contributed by atoms with E-state index in [0.717, 1.165) is 0 Å². The molecular formula is C8H12O3. The van der Waals surface area contributed by atoms with Crippen molar-refractivity contribution in [3.05, 3.63) is 0 Å². The van der Waals surface area contributed by atoms with Crippen LogP contribution in [-0.4, -0.2) is 23.8 Å². The Bertz CT molecular complexity index is 167. The largest absolute Gasteiger partial charge is 0.479 e. The number of terminal acetylenes is 1. The molecule has 1 atom stereocenters. The van der Waals surface area contributed by atoms with E-state index in [1.54, 1.807) is 13.8 Å². The van der Waals surface area contributed by atoms with Gasteiger partial charge in [-0.05, 0) is 5.92 Å². The fourth-order valence-corrected chi connectivity index (χ4v) is 0.687. The molecule has 3 heteroatoms. The van der Waals surface area contributed by atoms with Gasteiger partial charge < -0.3 is 9.84 Å². The van der Waals surface area contributed by atoms with Gasteiger partial charge >= 0.3 is 5.97 Å². The molecule has 0 amide bonds. The molecule has 3 nitrogen and oxygen atoms in total. The van der Waals surface area contributed by atoms with E-state index >= 15 is 0 Å². The van der Waals surface area contributed by atoms with Crippen molar-refractivity contribution in [2.75, 3.05) is 6.61 Å². The van der Waals surface area contributed by atoms with Crippen LogP contribution in [0.4, 0.5) is 0 Å². The summed E-state index contributed by atoms with van der Waals surface area (Å²) in [5, 5.41) is 8.58. The average Bonchev–Trinajstić information content (AvgIpc) is 1.87. The lowest BCUT2D eigenvalue weighted by Crippen LogP contribution is -2.29. The first-order valence-electron chi connectivity index (χ1n) is 3.37. The Balaban J connectivity index is 3.92. The monoisotopic (exact) mass is 156 g/mol. The topological polar surface area (TPSA) is 46.5 Å². The molecule has 0 aliphatic carbocycles. The van der Waals surface area contributed by atoms with Crippen LogP contribution in [0.2, 0.25) is 0 Å². The Morgan fingerprint density at radius 1 is 1.73 bits per heavy atom. The van der Waals surface area contributed by atoms with E-state index < -0.39 is 12.1 Å². The van der Waals surface area contributed by atoms with Crippen molar-refractivity contribution in [1.29, 1.82) is 0 Å². The smallest absolute Gasteiger partial charge is 0.333 e. The minimum absolute atomic E-state index is 0.0507. The van der Waals surface area contributed by atoms with Crippen molar-refractivity contribution in [2.24, 2.45) is 5.92 Å². The number of aliphatic carboxylic acids is 1. The molecular weight excluding hydrogens is 144 g/mol. The summed E-state index contributed by atoms with van der Waals surface area (Å²) in [5.41, 5.74) is 0. The van der Waals surface area contributed by atoms with E-state index in [9.17, 15) is 4.79 Å². The van der Waals surface area contributed by atoms with Crippen LogP contribution >= 0.6 is 0 Å². The van der Waals surface area contributed by atoms with E-state index in [-0.39, 0.29) is 12.5 Å². The first kappa shape index (κ1) is 9.99. The van der Waals surface area contributed by atoms with Crippen LogP contribution in [0.3, 0.4) is 0 Å². The van der Waals surface area contributed by atoms with E-state index in [4.69, 9.17) is 16.3 Å². The summed E-state index contributed by atoms with van der Waals surface area (Å²) >= 11 is 0. The summed E-state index contributed by atoms with van der Waals surface area (Å²) < 4.78 is 4.88. The molecule has 0 radical (unpaired) electrons. The number of carboxylic acid groups (broad SMARTS) is 1. The second kappa shape index (κ2) is 4.75. The van der Waals surface area contributed by atoms with Crippen molar-refractivity contribution in [1.82, 2.24) is 0 Å². The van der Waals surface area contributed by atoms with Gasteiger partial charge in [0.25, 0.3) is 0 Å². The minimum atomic E-state index is -0.963. The third-order valence-electron chi connectivity index (χ3n) is 1.20. The lowest BCUT2D eigenvalue weighted by Gasteiger charge is -2.14. The highest BCUT2D eigenvalue weighted by Crippen LogP contribution is 2.05. The molecule has 0 unspecified atom stereocenters. The van der Waals surface area contributed by atoms with Gasteiger partial charge in [-0.2, -0.15) is 0 Å². The zero-order valence-corrected chi connectivity index (χ0v) is 6.70. The highest BCUT2D eigenvalue weighted by Gasteiger charge is 2.21. The van der Waals surface area contributed by atoms with Crippen molar-refractivity contribution in [3.63, 3.8) is 0 Å². The Kier molecular flexibility index (Phi) is 4.32. The molecule has 0 saturated carbocycles. The van der Waals surface area contributed by atoms with Gasteiger partial charge in [0.2, 0.25) is 0 Å². The molecule has 62 valence electrons. The number of rotatable bonds is 4. The van der Waals surface area contributed by atoms with Crippen LogP contribution in [-0.2, 0) is 9.53 Å². The fourth-order valence-electron chi connectivity index (χ4n) is 0.687. The number of hydrogen-bond acceptors (Lipinski definition) is 2. The summed E-state index contributed by atoms with van der Waals surface area (Å²) in [6.45, 7) is 3.60. The summed E-state index contributed by atoms with van der Waals surface area (Å²) in [6, 6.07) is 0. The standard InChI is InChI=1S/C8H12O3/c1-4-5-11-7(6(2)3)8(9)10/h1,6-7H,5H2,2-3H3,(H,9,10)/t7-/m0/s1. The van der Waals surface area contributed by atoms with E-state index in [2.05, 4.69) is 5.92 Å². The van der Waals surface area contributed by atoms with Gasteiger partial charge in [0, 0.05) is 0 Å². The zero-order chi connectivity index (χ0) is 8.85. The summed E-state index contributed by atoms with van der Waals surface area (Å²) in [6.07, 6.45) is 4.12. The normalized spacial score (nSPS) is 12.5. The van der Waals surface area contributed by atoms with Gasteiger partial charge in [0.15, 0.2) is 6.10 Å². The van der Waals surface area contributed by atoms with Gasteiger partial charge in [0.1, 0.15) is 6.61 Å². The van der Waals surface area contributed by atoms with Gasteiger partial charge in [-0.1, -0.05) is 19.8 Å². The Morgan fingerprint density at radius 2 is 2.27 bits per heavy atom. The summed E-state index contributed by atoms with van der Waals surface area (Å²) in [4.78, 5) is 10.5. The summed E-state index contributed by atoms with van der Waals surface area (Å²) in [5.74, 6) is 1.20.